The Morgan fingerprint density at radius 2 is 1.59 bits per heavy atom. The van der Waals surface area contributed by atoms with Crippen molar-refractivity contribution in [1.29, 1.82) is 0 Å². The molecular formula is C24H18ClN3O4. The molecule has 3 aromatic rings. The van der Waals surface area contributed by atoms with Gasteiger partial charge in [-0.2, -0.15) is 0 Å². The van der Waals surface area contributed by atoms with Crippen LogP contribution in [0.5, 0.6) is 0 Å². The van der Waals surface area contributed by atoms with Gasteiger partial charge in [-0.3, -0.25) is 19.7 Å². The lowest BCUT2D eigenvalue weighted by atomic mass is 10.0. The van der Waals surface area contributed by atoms with E-state index in [1.54, 1.807) is 24.3 Å². The number of halogens is 1. The number of para-hydroxylation sites is 1. The highest BCUT2D eigenvalue weighted by Crippen LogP contribution is 2.37. The van der Waals surface area contributed by atoms with Crippen molar-refractivity contribution in [1.82, 2.24) is 0 Å². The summed E-state index contributed by atoms with van der Waals surface area (Å²) in [7, 11) is 0. The van der Waals surface area contributed by atoms with Crippen LogP contribution in [0.3, 0.4) is 0 Å². The molecule has 0 aliphatic carbocycles. The quantitative estimate of drug-likeness (QED) is 0.327. The summed E-state index contributed by atoms with van der Waals surface area (Å²) >= 11 is 6.28. The summed E-state index contributed by atoms with van der Waals surface area (Å²) in [4.78, 5) is 38.4. The highest BCUT2D eigenvalue weighted by atomic mass is 35.5. The summed E-state index contributed by atoms with van der Waals surface area (Å²) in [6.45, 7) is 3.86. The van der Waals surface area contributed by atoms with Gasteiger partial charge in [0.2, 0.25) is 0 Å². The van der Waals surface area contributed by atoms with E-state index >= 15 is 0 Å². The van der Waals surface area contributed by atoms with Crippen molar-refractivity contribution >= 4 is 46.1 Å². The normalized spacial score (nSPS) is 13.7. The number of carbonyl (C=O) groups is 2. The maximum absolute atomic E-state index is 13.5. The standard InChI is InChI=1S/C24H18ClN3O4/c1-14-6-5-8-19(15(14)2)26-22-21(16-10-12-17(13-11-16)28(31)32)23(29)27(24(22)30)20-9-4-3-7-18(20)25/h3-13,26H,1-2H3. The lowest BCUT2D eigenvalue weighted by Crippen LogP contribution is -2.32. The molecule has 8 heteroatoms. The van der Waals surface area contributed by atoms with Crippen LogP contribution in [0, 0.1) is 24.0 Å². The summed E-state index contributed by atoms with van der Waals surface area (Å²) in [5.74, 6) is -1.12. The zero-order chi connectivity index (χ0) is 23.0. The molecule has 0 radical (unpaired) electrons. The number of hydrogen-bond acceptors (Lipinski definition) is 5. The zero-order valence-electron chi connectivity index (χ0n) is 17.3. The fourth-order valence-corrected chi connectivity index (χ4v) is 3.76. The van der Waals surface area contributed by atoms with Crippen molar-refractivity contribution in [3.63, 3.8) is 0 Å². The number of nitrogens with zero attached hydrogens (tertiary/aromatic N) is 2. The van der Waals surface area contributed by atoms with E-state index in [1.807, 2.05) is 32.0 Å². The fourth-order valence-electron chi connectivity index (χ4n) is 3.54. The first kappa shape index (κ1) is 21.3. The number of nitrogens with one attached hydrogen (secondary N) is 1. The summed E-state index contributed by atoms with van der Waals surface area (Å²) in [5, 5.41) is 14.4. The van der Waals surface area contributed by atoms with E-state index < -0.39 is 16.7 Å². The average Bonchev–Trinajstić information content (AvgIpc) is 3.01. The maximum Gasteiger partial charge on any atom is 0.282 e. The third-order valence-electron chi connectivity index (χ3n) is 5.41. The molecule has 1 aliphatic heterocycles. The number of amides is 2. The molecule has 1 N–H and O–H groups in total. The van der Waals surface area contributed by atoms with Crippen LogP contribution in [0.2, 0.25) is 5.02 Å². The van der Waals surface area contributed by atoms with Crippen molar-refractivity contribution in [2.45, 2.75) is 13.8 Å². The average molecular weight is 448 g/mol. The van der Waals surface area contributed by atoms with Gasteiger partial charge in [0.1, 0.15) is 5.70 Å². The Morgan fingerprint density at radius 1 is 0.906 bits per heavy atom. The molecule has 0 unspecified atom stereocenters. The highest BCUT2D eigenvalue weighted by Gasteiger charge is 2.41. The molecule has 32 heavy (non-hydrogen) atoms. The topological polar surface area (TPSA) is 92.6 Å². The molecule has 4 rings (SSSR count). The summed E-state index contributed by atoms with van der Waals surface area (Å²) in [6.07, 6.45) is 0. The predicted octanol–water partition coefficient (Wildman–Crippen LogP) is 5.26. The van der Waals surface area contributed by atoms with Gasteiger partial charge < -0.3 is 5.32 Å². The van der Waals surface area contributed by atoms with Gasteiger partial charge in [0, 0.05) is 17.8 Å². The van der Waals surface area contributed by atoms with Gasteiger partial charge in [-0.25, -0.2) is 4.90 Å². The minimum atomic E-state index is -0.565. The molecule has 2 amide bonds. The maximum atomic E-state index is 13.5. The molecule has 0 bridgehead atoms. The molecule has 0 spiro atoms. The van der Waals surface area contributed by atoms with Crippen LogP contribution in [0.15, 0.2) is 72.4 Å². The molecule has 0 aromatic heterocycles. The van der Waals surface area contributed by atoms with E-state index in [4.69, 9.17) is 11.6 Å². The number of nitro groups is 1. The number of aryl methyl sites for hydroxylation is 1. The van der Waals surface area contributed by atoms with E-state index in [1.165, 1.54) is 24.3 Å². The zero-order valence-corrected chi connectivity index (χ0v) is 18.0. The molecule has 0 saturated heterocycles. The number of hydrogen-bond donors (Lipinski definition) is 1. The van der Waals surface area contributed by atoms with E-state index in [0.717, 1.165) is 16.0 Å². The van der Waals surface area contributed by atoms with Gasteiger partial charge in [0.05, 0.1) is 21.2 Å². The smallest absolute Gasteiger partial charge is 0.282 e. The van der Waals surface area contributed by atoms with Crippen LogP contribution in [0.25, 0.3) is 5.57 Å². The Labute approximate surface area is 189 Å². The van der Waals surface area contributed by atoms with Crippen molar-refractivity contribution in [3.05, 3.63) is 104 Å². The van der Waals surface area contributed by atoms with Crippen molar-refractivity contribution < 1.29 is 14.5 Å². The second-order valence-corrected chi connectivity index (χ2v) is 7.73. The lowest BCUT2D eigenvalue weighted by Gasteiger charge is -2.17. The first-order valence-corrected chi connectivity index (χ1v) is 10.1. The Kier molecular flexibility index (Phi) is 5.50. The van der Waals surface area contributed by atoms with Crippen LogP contribution in [0.1, 0.15) is 16.7 Å². The predicted molar refractivity (Wildman–Crippen MR) is 124 cm³/mol. The number of non-ortho nitro benzene ring substituents is 1. The third kappa shape index (κ3) is 3.63. The number of nitro benzene ring substituents is 1. The Bertz CT molecular complexity index is 1300. The van der Waals surface area contributed by atoms with Gasteiger partial charge >= 0.3 is 0 Å². The largest absolute Gasteiger partial charge is 0.350 e. The minimum absolute atomic E-state index is 0.0810. The molecule has 3 aromatic carbocycles. The van der Waals surface area contributed by atoms with Gasteiger partial charge in [-0.1, -0.05) is 35.9 Å². The second kappa shape index (κ2) is 8.28. The van der Waals surface area contributed by atoms with Crippen molar-refractivity contribution in [2.24, 2.45) is 0 Å². The Hall–Kier alpha value is -3.97. The minimum Gasteiger partial charge on any atom is -0.350 e. The van der Waals surface area contributed by atoms with Gasteiger partial charge in [-0.05, 0) is 60.9 Å². The van der Waals surface area contributed by atoms with Gasteiger partial charge in [0.25, 0.3) is 17.5 Å². The number of anilines is 2. The molecule has 1 heterocycles. The number of carbonyl (C=O) groups excluding carboxylic acids is 2. The first-order valence-electron chi connectivity index (χ1n) is 9.75. The summed E-state index contributed by atoms with van der Waals surface area (Å²) < 4.78 is 0. The molecule has 0 fully saturated rings. The molecular weight excluding hydrogens is 430 g/mol. The number of imide groups is 1. The van der Waals surface area contributed by atoms with Crippen molar-refractivity contribution in [2.75, 3.05) is 10.2 Å². The molecule has 160 valence electrons. The molecule has 0 atom stereocenters. The van der Waals surface area contributed by atoms with E-state index in [0.29, 0.717) is 11.3 Å². The first-order chi connectivity index (χ1) is 15.3. The van der Waals surface area contributed by atoms with E-state index in [2.05, 4.69) is 5.32 Å². The van der Waals surface area contributed by atoms with E-state index in [9.17, 15) is 19.7 Å². The van der Waals surface area contributed by atoms with Crippen LogP contribution in [-0.4, -0.2) is 16.7 Å². The van der Waals surface area contributed by atoms with Crippen LogP contribution in [0.4, 0.5) is 17.1 Å². The number of benzene rings is 3. The molecule has 7 nitrogen and oxygen atoms in total. The number of rotatable bonds is 5. The van der Waals surface area contributed by atoms with Crippen molar-refractivity contribution in [3.8, 4) is 0 Å². The molecule has 0 saturated carbocycles. The van der Waals surface area contributed by atoms with Crippen LogP contribution < -0.4 is 10.2 Å². The summed E-state index contributed by atoms with van der Waals surface area (Å²) in [6, 6.07) is 17.7. The summed E-state index contributed by atoms with van der Waals surface area (Å²) in [5.41, 5.74) is 3.37. The Morgan fingerprint density at radius 3 is 2.25 bits per heavy atom. The Balaban J connectivity index is 1.86. The van der Waals surface area contributed by atoms with E-state index in [-0.39, 0.29) is 27.7 Å². The van der Waals surface area contributed by atoms with Crippen LogP contribution >= 0.6 is 11.6 Å². The molecule has 1 aliphatic rings. The fraction of sp³-hybridized carbons (Fsp3) is 0.0833. The second-order valence-electron chi connectivity index (χ2n) is 7.32. The van der Waals surface area contributed by atoms with Gasteiger partial charge in [0.15, 0.2) is 0 Å². The van der Waals surface area contributed by atoms with Gasteiger partial charge in [-0.15, -0.1) is 0 Å². The monoisotopic (exact) mass is 447 g/mol. The highest BCUT2D eigenvalue weighted by molar-refractivity contribution is 6.48. The lowest BCUT2D eigenvalue weighted by molar-refractivity contribution is -0.384. The third-order valence-corrected chi connectivity index (χ3v) is 5.73. The SMILES string of the molecule is Cc1cccc(NC2=C(c3ccc([N+](=O)[O-])cc3)C(=O)N(c3ccccc3Cl)C2=O)c1C. The van der Waals surface area contributed by atoms with Crippen LogP contribution in [-0.2, 0) is 9.59 Å².